The molecular weight excluding hydrogens is 360 g/mol. The van der Waals surface area contributed by atoms with E-state index >= 15 is 0 Å². The minimum atomic E-state index is -0.522. The molecule has 8 nitrogen and oxygen atoms in total. The second kappa shape index (κ2) is 8.37. The maximum absolute atomic E-state index is 12.7. The van der Waals surface area contributed by atoms with Gasteiger partial charge in [-0.15, -0.1) is 0 Å². The number of rotatable bonds is 1. The van der Waals surface area contributed by atoms with Crippen LogP contribution in [-0.4, -0.2) is 77.5 Å². The van der Waals surface area contributed by atoms with Crippen LogP contribution in [0.4, 0.5) is 4.79 Å². The van der Waals surface area contributed by atoms with Gasteiger partial charge in [-0.1, -0.05) is 13.8 Å². The van der Waals surface area contributed by atoms with Crippen LogP contribution < -0.4 is 5.43 Å². The van der Waals surface area contributed by atoms with E-state index < -0.39 is 5.60 Å². The average Bonchev–Trinajstić information content (AvgIpc) is 2.98. The van der Waals surface area contributed by atoms with E-state index in [2.05, 4.69) is 15.4 Å². The van der Waals surface area contributed by atoms with Crippen molar-refractivity contribution in [2.24, 2.45) is 11.0 Å². The van der Waals surface area contributed by atoms with Crippen LogP contribution in [0.5, 0.6) is 0 Å². The molecule has 4 atom stereocenters. The Morgan fingerprint density at radius 2 is 1.89 bits per heavy atom. The molecule has 0 saturated carbocycles. The van der Waals surface area contributed by atoms with Crippen molar-refractivity contribution in [3.05, 3.63) is 0 Å². The second-order valence-corrected chi connectivity index (χ2v) is 8.58. The molecule has 0 aromatic carbocycles. The summed E-state index contributed by atoms with van der Waals surface area (Å²) >= 11 is 0. The maximum atomic E-state index is 12.7. The van der Waals surface area contributed by atoms with Gasteiger partial charge in [0.2, 0.25) is 0 Å². The highest BCUT2D eigenvalue weighted by Gasteiger charge is 2.54. The zero-order valence-electron chi connectivity index (χ0n) is 17.7. The molecule has 4 unspecified atom stereocenters. The number of hydrazone groups is 1. The van der Waals surface area contributed by atoms with E-state index in [0.717, 1.165) is 38.1 Å². The van der Waals surface area contributed by atoms with Crippen molar-refractivity contribution in [1.82, 2.24) is 15.2 Å². The van der Waals surface area contributed by atoms with Crippen LogP contribution in [0.2, 0.25) is 0 Å². The molecule has 3 saturated heterocycles. The minimum Gasteiger partial charge on any atom is -0.444 e. The van der Waals surface area contributed by atoms with Crippen LogP contribution in [0.3, 0.4) is 0 Å². The lowest BCUT2D eigenvalue weighted by atomic mass is 9.81. The van der Waals surface area contributed by atoms with E-state index in [-0.39, 0.29) is 36.0 Å². The number of nitrogens with one attached hydrogen (secondary N) is 1. The van der Waals surface area contributed by atoms with Gasteiger partial charge in [-0.05, 0) is 40.0 Å². The third-order valence-electron chi connectivity index (χ3n) is 5.74. The van der Waals surface area contributed by atoms with Gasteiger partial charge in [-0.2, -0.15) is 5.10 Å². The fourth-order valence-electron chi connectivity index (χ4n) is 4.75. The molecular formula is C20H34N4O4. The van der Waals surface area contributed by atoms with Crippen molar-refractivity contribution >= 4 is 17.7 Å². The first-order valence-corrected chi connectivity index (χ1v) is 10.6. The molecule has 4 rings (SSSR count). The summed E-state index contributed by atoms with van der Waals surface area (Å²) in [7, 11) is 0. The summed E-state index contributed by atoms with van der Waals surface area (Å²) in [6, 6.07) is -0.165. The Morgan fingerprint density at radius 1 is 1.21 bits per heavy atom. The Labute approximate surface area is 167 Å². The molecule has 0 aromatic heterocycles. The van der Waals surface area contributed by atoms with Gasteiger partial charge < -0.3 is 9.47 Å². The summed E-state index contributed by atoms with van der Waals surface area (Å²) in [4.78, 5) is 29.4. The van der Waals surface area contributed by atoms with Gasteiger partial charge >= 0.3 is 6.09 Å². The molecule has 0 aromatic rings. The minimum absolute atomic E-state index is 0.0363. The van der Waals surface area contributed by atoms with Crippen LogP contribution in [0.15, 0.2) is 5.10 Å². The van der Waals surface area contributed by atoms with Crippen LogP contribution in [0, 0.1) is 5.92 Å². The van der Waals surface area contributed by atoms with Gasteiger partial charge in [0.15, 0.2) is 0 Å². The largest absolute Gasteiger partial charge is 0.444 e. The highest BCUT2D eigenvalue weighted by Crippen LogP contribution is 2.41. The summed E-state index contributed by atoms with van der Waals surface area (Å²) in [5.74, 6) is 0.0313. The smallest absolute Gasteiger partial charge is 0.411 e. The SMILES string of the molecule is CC.CC(C)(C)OC(=O)N1C2CCC1C1=NNC(=O)C(N3CCOCC3)C1C2. The summed E-state index contributed by atoms with van der Waals surface area (Å²) in [5, 5.41) is 4.40. The third-order valence-corrected chi connectivity index (χ3v) is 5.74. The van der Waals surface area contributed by atoms with Gasteiger partial charge in [0.1, 0.15) is 5.60 Å². The van der Waals surface area contributed by atoms with Gasteiger partial charge in [0.25, 0.3) is 5.91 Å². The van der Waals surface area contributed by atoms with Crippen LogP contribution in [0.25, 0.3) is 0 Å². The Bertz CT molecular complexity index is 624. The van der Waals surface area contributed by atoms with Gasteiger partial charge in [0, 0.05) is 25.0 Å². The van der Waals surface area contributed by atoms with Gasteiger partial charge in [0.05, 0.1) is 31.0 Å². The van der Waals surface area contributed by atoms with Crippen molar-refractivity contribution in [1.29, 1.82) is 0 Å². The van der Waals surface area contributed by atoms with Crippen molar-refractivity contribution in [3.63, 3.8) is 0 Å². The highest BCUT2D eigenvalue weighted by atomic mass is 16.6. The van der Waals surface area contributed by atoms with Gasteiger partial charge in [-0.25, -0.2) is 10.2 Å². The molecule has 0 aliphatic carbocycles. The number of carbonyl (C=O) groups is 2. The fourth-order valence-corrected chi connectivity index (χ4v) is 4.75. The Morgan fingerprint density at radius 3 is 2.54 bits per heavy atom. The number of fused-ring (bicyclic) bond motifs is 4. The number of carbonyl (C=O) groups excluding carboxylic acids is 2. The predicted molar refractivity (Wildman–Crippen MR) is 106 cm³/mol. The van der Waals surface area contributed by atoms with Crippen molar-refractivity contribution in [2.45, 2.75) is 77.6 Å². The summed E-state index contributed by atoms with van der Waals surface area (Å²) in [6.07, 6.45) is 2.31. The zero-order chi connectivity index (χ0) is 20.5. The molecule has 158 valence electrons. The molecule has 28 heavy (non-hydrogen) atoms. The van der Waals surface area contributed by atoms with Crippen LogP contribution in [-0.2, 0) is 14.3 Å². The first-order valence-electron chi connectivity index (χ1n) is 10.6. The molecule has 2 bridgehead atoms. The number of hydrogen-bond acceptors (Lipinski definition) is 6. The van der Waals surface area contributed by atoms with Crippen LogP contribution in [0.1, 0.15) is 53.9 Å². The zero-order valence-corrected chi connectivity index (χ0v) is 17.7. The van der Waals surface area contributed by atoms with Crippen molar-refractivity contribution in [3.8, 4) is 0 Å². The van der Waals surface area contributed by atoms with E-state index in [1.165, 1.54) is 0 Å². The fraction of sp³-hybridized carbons (Fsp3) is 0.850. The monoisotopic (exact) mass is 394 g/mol. The lowest BCUT2D eigenvalue weighted by Gasteiger charge is -2.46. The number of morpholine rings is 1. The molecule has 0 spiro atoms. The standard InChI is InChI=1S/C18H28N4O4.C2H6/c1-18(2,3)26-17(24)22-11-4-5-13(22)14-12(10-11)15(16(23)20-19-14)21-6-8-25-9-7-21;1-2/h11-13,15H,4-10H2,1-3H3,(H,20,23);1-2H3. The van der Waals surface area contributed by atoms with E-state index in [0.29, 0.717) is 13.2 Å². The van der Waals surface area contributed by atoms with E-state index in [1.54, 1.807) is 0 Å². The molecule has 4 heterocycles. The Balaban J connectivity index is 0.00000109. The molecule has 2 amide bonds. The highest BCUT2D eigenvalue weighted by molar-refractivity contribution is 6.02. The maximum Gasteiger partial charge on any atom is 0.411 e. The predicted octanol–water partition coefficient (Wildman–Crippen LogP) is 1.99. The normalized spacial score (nSPS) is 32.5. The number of hydrogen-bond donors (Lipinski definition) is 1. The Hall–Kier alpha value is -1.67. The van der Waals surface area contributed by atoms with E-state index in [9.17, 15) is 9.59 Å². The second-order valence-electron chi connectivity index (χ2n) is 8.58. The first kappa shape index (κ1) is 21.0. The molecule has 4 aliphatic rings. The number of amides is 2. The average molecular weight is 395 g/mol. The van der Waals surface area contributed by atoms with E-state index in [4.69, 9.17) is 9.47 Å². The summed E-state index contributed by atoms with van der Waals surface area (Å²) in [6.45, 7) is 12.5. The third kappa shape index (κ3) is 4.03. The van der Waals surface area contributed by atoms with Crippen molar-refractivity contribution in [2.75, 3.05) is 26.3 Å². The van der Waals surface area contributed by atoms with Crippen molar-refractivity contribution < 1.29 is 19.1 Å². The lowest BCUT2D eigenvalue weighted by molar-refractivity contribution is -0.131. The van der Waals surface area contributed by atoms with Gasteiger partial charge in [-0.3, -0.25) is 14.6 Å². The molecule has 3 fully saturated rings. The summed E-state index contributed by atoms with van der Waals surface area (Å²) in [5.41, 5.74) is 3.12. The number of piperidine rings is 1. The summed E-state index contributed by atoms with van der Waals surface area (Å²) < 4.78 is 11.1. The lowest BCUT2D eigenvalue weighted by Crippen LogP contribution is -2.64. The number of nitrogens with zero attached hydrogens (tertiary/aromatic N) is 3. The van der Waals surface area contributed by atoms with E-state index in [1.807, 2.05) is 39.5 Å². The molecule has 0 radical (unpaired) electrons. The molecule has 1 N–H and O–H groups in total. The quantitative estimate of drug-likeness (QED) is 0.735. The topological polar surface area (TPSA) is 83.5 Å². The Kier molecular flexibility index (Phi) is 6.29. The number of ether oxygens (including phenoxy) is 2. The first-order chi connectivity index (χ1) is 13.3. The molecule has 8 heteroatoms. The molecule has 4 aliphatic heterocycles. The van der Waals surface area contributed by atoms with Crippen LogP contribution >= 0.6 is 0 Å².